The van der Waals surface area contributed by atoms with E-state index in [0.29, 0.717) is 6.04 Å². The van der Waals surface area contributed by atoms with Crippen molar-refractivity contribution in [3.8, 4) is 0 Å². The van der Waals surface area contributed by atoms with E-state index in [2.05, 4.69) is 42.4 Å². The van der Waals surface area contributed by atoms with Crippen molar-refractivity contribution in [2.75, 3.05) is 5.32 Å². The van der Waals surface area contributed by atoms with Gasteiger partial charge in [0.1, 0.15) is 5.82 Å². The summed E-state index contributed by atoms with van der Waals surface area (Å²) in [6, 6.07) is 0.653. The van der Waals surface area contributed by atoms with Crippen molar-refractivity contribution < 1.29 is 0 Å². The highest BCUT2D eigenvalue weighted by Crippen LogP contribution is 2.37. The van der Waals surface area contributed by atoms with Gasteiger partial charge in [-0.15, -0.1) is 0 Å². The lowest BCUT2D eigenvalue weighted by atomic mass is 9.96. The molecule has 1 heterocycles. The fraction of sp³-hybridized carbons (Fsp3) is 0.833. The topological polar surface area (TPSA) is 37.8 Å². The molecule has 0 spiro atoms. The molecule has 2 rings (SSSR count). The number of hydrogen-bond donors (Lipinski definition) is 1. The van der Waals surface area contributed by atoms with Crippen LogP contribution in [0.15, 0.2) is 0 Å². The average Bonchev–Trinajstić information content (AvgIpc) is 2.73. The summed E-state index contributed by atoms with van der Waals surface area (Å²) in [6.45, 7) is 8.69. The van der Waals surface area contributed by atoms with Gasteiger partial charge < -0.3 is 5.32 Å². The lowest BCUT2D eigenvalue weighted by Crippen LogP contribution is -2.13. The first-order valence-electron chi connectivity index (χ1n) is 6.11. The largest absolute Gasteiger partial charge is 0.357 e. The van der Waals surface area contributed by atoms with Crippen molar-refractivity contribution in [3.63, 3.8) is 0 Å². The normalized spacial score (nSPS) is 24.5. The number of nitrogens with one attached hydrogen (secondary N) is 1. The molecule has 1 aromatic rings. The number of hydrogen-bond acceptors (Lipinski definition) is 4. The van der Waals surface area contributed by atoms with Crippen LogP contribution in [0.1, 0.15) is 52.8 Å². The summed E-state index contributed by atoms with van der Waals surface area (Å²) in [7, 11) is 0. The van der Waals surface area contributed by atoms with Gasteiger partial charge in [0.25, 0.3) is 0 Å². The average molecular weight is 239 g/mol. The molecule has 0 aliphatic heterocycles. The van der Waals surface area contributed by atoms with Crippen LogP contribution in [0, 0.1) is 5.92 Å². The Hall–Kier alpha value is -0.640. The first kappa shape index (κ1) is 11.8. The Morgan fingerprint density at radius 2 is 2.19 bits per heavy atom. The molecule has 90 valence electrons. The van der Waals surface area contributed by atoms with Crippen LogP contribution in [0.25, 0.3) is 0 Å². The van der Waals surface area contributed by atoms with Gasteiger partial charge in [0, 0.05) is 23.0 Å². The van der Waals surface area contributed by atoms with E-state index in [-0.39, 0.29) is 5.41 Å². The third-order valence-electron chi connectivity index (χ3n) is 2.99. The van der Waals surface area contributed by atoms with Crippen molar-refractivity contribution >= 4 is 16.7 Å². The Balaban J connectivity index is 1.90. The smallest absolute Gasteiger partial charge is 0.202 e. The Labute approximate surface area is 102 Å². The van der Waals surface area contributed by atoms with Crippen LogP contribution in [0.3, 0.4) is 0 Å². The van der Waals surface area contributed by atoms with E-state index in [4.69, 9.17) is 0 Å². The molecule has 2 atom stereocenters. The van der Waals surface area contributed by atoms with Crippen LogP contribution in [0.5, 0.6) is 0 Å². The Morgan fingerprint density at radius 3 is 2.75 bits per heavy atom. The fourth-order valence-corrected chi connectivity index (χ4v) is 2.68. The van der Waals surface area contributed by atoms with Crippen LogP contribution in [0.2, 0.25) is 0 Å². The molecule has 2 unspecified atom stereocenters. The van der Waals surface area contributed by atoms with Crippen molar-refractivity contribution in [2.45, 2.75) is 58.4 Å². The summed E-state index contributed by atoms with van der Waals surface area (Å²) in [6.07, 6.45) is 3.92. The van der Waals surface area contributed by atoms with E-state index in [1.54, 1.807) is 0 Å². The quantitative estimate of drug-likeness (QED) is 0.874. The molecule has 0 bridgehead atoms. The predicted molar refractivity (Wildman–Crippen MR) is 69.0 cm³/mol. The van der Waals surface area contributed by atoms with Crippen LogP contribution < -0.4 is 5.32 Å². The maximum atomic E-state index is 4.55. The first-order chi connectivity index (χ1) is 7.50. The lowest BCUT2D eigenvalue weighted by molar-refractivity contribution is 0.555. The van der Waals surface area contributed by atoms with Crippen LogP contribution in [-0.4, -0.2) is 15.4 Å². The second-order valence-corrected chi connectivity index (χ2v) is 6.46. The Kier molecular flexibility index (Phi) is 3.19. The summed E-state index contributed by atoms with van der Waals surface area (Å²) >= 11 is 1.49. The monoisotopic (exact) mass is 239 g/mol. The molecule has 1 N–H and O–H groups in total. The van der Waals surface area contributed by atoms with Crippen molar-refractivity contribution in [1.82, 2.24) is 9.36 Å². The molecular formula is C12H21N3S. The molecule has 0 radical (unpaired) electrons. The van der Waals surface area contributed by atoms with Gasteiger partial charge in [-0.05, 0) is 18.8 Å². The highest BCUT2D eigenvalue weighted by Gasteiger charge is 2.36. The van der Waals surface area contributed by atoms with Crippen molar-refractivity contribution in [2.24, 2.45) is 5.92 Å². The van der Waals surface area contributed by atoms with Gasteiger partial charge in [-0.2, -0.15) is 4.37 Å². The molecule has 1 aromatic heterocycles. The molecule has 1 saturated carbocycles. The summed E-state index contributed by atoms with van der Waals surface area (Å²) in [4.78, 5) is 4.55. The standard InChI is InChI=1S/C12H21N3S/c1-5-6-8-7-9(8)13-11-14-10(15-16-11)12(2,3)4/h8-9H,5-7H2,1-4H3,(H,13,14,15). The molecule has 0 saturated heterocycles. The third-order valence-corrected chi connectivity index (χ3v) is 3.63. The molecule has 1 aliphatic rings. The summed E-state index contributed by atoms with van der Waals surface area (Å²) in [5.41, 5.74) is 0.0583. The second-order valence-electron chi connectivity index (χ2n) is 5.71. The molecule has 1 aliphatic carbocycles. The molecule has 3 nitrogen and oxygen atoms in total. The van der Waals surface area contributed by atoms with Crippen molar-refractivity contribution in [1.29, 1.82) is 0 Å². The van der Waals surface area contributed by atoms with E-state index >= 15 is 0 Å². The maximum Gasteiger partial charge on any atom is 0.202 e. The van der Waals surface area contributed by atoms with Gasteiger partial charge in [0.05, 0.1) is 0 Å². The highest BCUT2D eigenvalue weighted by molar-refractivity contribution is 7.09. The minimum Gasteiger partial charge on any atom is -0.357 e. The Bertz CT molecular complexity index is 353. The maximum absolute atomic E-state index is 4.55. The van der Waals surface area contributed by atoms with Gasteiger partial charge >= 0.3 is 0 Å². The molecule has 1 fully saturated rings. The van der Waals surface area contributed by atoms with E-state index in [0.717, 1.165) is 16.9 Å². The summed E-state index contributed by atoms with van der Waals surface area (Å²) in [5.74, 6) is 1.82. The van der Waals surface area contributed by atoms with Crippen molar-refractivity contribution in [3.05, 3.63) is 5.82 Å². The van der Waals surface area contributed by atoms with Gasteiger partial charge in [0.2, 0.25) is 5.13 Å². The Morgan fingerprint density at radius 1 is 1.44 bits per heavy atom. The molecule has 0 amide bonds. The van der Waals surface area contributed by atoms with Gasteiger partial charge in [0.15, 0.2) is 0 Å². The number of aromatic nitrogens is 2. The summed E-state index contributed by atoms with van der Waals surface area (Å²) in [5, 5.41) is 4.48. The minimum absolute atomic E-state index is 0.0583. The van der Waals surface area contributed by atoms with Gasteiger partial charge in [-0.1, -0.05) is 34.1 Å². The van der Waals surface area contributed by atoms with Crippen LogP contribution in [0.4, 0.5) is 5.13 Å². The van der Waals surface area contributed by atoms with E-state index in [1.165, 1.54) is 30.8 Å². The summed E-state index contributed by atoms with van der Waals surface area (Å²) < 4.78 is 4.41. The zero-order chi connectivity index (χ0) is 11.8. The number of nitrogens with zero attached hydrogens (tertiary/aromatic N) is 2. The van der Waals surface area contributed by atoms with Crippen LogP contribution >= 0.6 is 11.5 Å². The SMILES string of the molecule is CCCC1CC1Nc1nc(C(C)(C)C)ns1. The zero-order valence-electron chi connectivity index (χ0n) is 10.6. The van der Waals surface area contributed by atoms with E-state index in [9.17, 15) is 0 Å². The second kappa shape index (κ2) is 4.32. The molecule has 4 heteroatoms. The first-order valence-corrected chi connectivity index (χ1v) is 6.88. The zero-order valence-corrected chi connectivity index (χ0v) is 11.4. The number of rotatable bonds is 4. The predicted octanol–water partition coefficient (Wildman–Crippen LogP) is 3.44. The molecular weight excluding hydrogens is 218 g/mol. The van der Waals surface area contributed by atoms with E-state index < -0.39 is 0 Å². The lowest BCUT2D eigenvalue weighted by Gasteiger charge is -2.12. The van der Waals surface area contributed by atoms with Crippen LogP contribution in [-0.2, 0) is 5.41 Å². The highest BCUT2D eigenvalue weighted by atomic mass is 32.1. The van der Waals surface area contributed by atoms with Gasteiger partial charge in [-0.3, -0.25) is 0 Å². The fourth-order valence-electron chi connectivity index (χ4n) is 1.86. The third kappa shape index (κ3) is 2.73. The molecule has 16 heavy (non-hydrogen) atoms. The minimum atomic E-state index is 0.0583. The molecule has 0 aromatic carbocycles. The number of anilines is 1. The van der Waals surface area contributed by atoms with Gasteiger partial charge in [-0.25, -0.2) is 4.98 Å². The van der Waals surface area contributed by atoms with E-state index in [1.807, 2.05) is 0 Å².